The van der Waals surface area contributed by atoms with E-state index >= 15 is 0 Å². The number of fused-ring (bicyclic) bond motifs is 1. The first-order valence-corrected chi connectivity index (χ1v) is 11.2. The Morgan fingerprint density at radius 1 is 1.16 bits per heavy atom. The zero-order valence-electron chi connectivity index (χ0n) is 18.4. The Morgan fingerprint density at radius 2 is 2.00 bits per heavy atom. The summed E-state index contributed by atoms with van der Waals surface area (Å²) < 4.78 is 15.9. The van der Waals surface area contributed by atoms with Gasteiger partial charge < -0.3 is 24.2 Å². The van der Waals surface area contributed by atoms with Crippen molar-refractivity contribution in [2.45, 2.75) is 51.0 Å². The summed E-state index contributed by atoms with van der Waals surface area (Å²) in [6, 6.07) is 6.10. The van der Waals surface area contributed by atoms with Crippen molar-refractivity contribution in [3.8, 4) is 22.9 Å². The molecule has 0 aliphatic carbocycles. The van der Waals surface area contributed by atoms with E-state index in [0.717, 1.165) is 12.1 Å². The molecule has 0 bridgehead atoms. The van der Waals surface area contributed by atoms with E-state index in [1.807, 2.05) is 6.07 Å². The lowest BCUT2D eigenvalue weighted by atomic mass is 9.83. The van der Waals surface area contributed by atoms with Crippen LogP contribution in [-0.2, 0) is 11.2 Å². The number of hydrogen-bond acceptors (Lipinski definition) is 7. The monoisotopic (exact) mass is 428 g/mol. The second kappa shape index (κ2) is 10.1. The Balaban J connectivity index is 1.27. The van der Waals surface area contributed by atoms with Crippen molar-refractivity contribution < 1.29 is 18.8 Å². The number of amides is 1. The number of aryl methyl sites for hydroxylation is 1. The maximum Gasteiger partial charge on any atom is 0.227 e. The molecule has 2 fully saturated rings. The number of piperidine rings is 2. The van der Waals surface area contributed by atoms with Gasteiger partial charge in [-0.05, 0) is 62.9 Å². The van der Waals surface area contributed by atoms with E-state index in [-0.39, 0.29) is 5.91 Å². The van der Waals surface area contributed by atoms with Crippen molar-refractivity contribution in [2.75, 3.05) is 33.9 Å². The largest absolute Gasteiger partial charge is 0.493 e. The number of carbonyl (C=O) groups is 1. The molecule has 0 spiro atoms. The van der Waals surface area contributed by atoms with Crippen molar-refractivity contribution in [2.24, 2.45) is 5.92 Å². The Hall–Kier alpha value is -2.61. The third kappa shape index (κ3) is 5.18. The molecule has 31 heavy (non-hydrogen) atoms. The minimum atomic E-state index is 0.0406. The fourth-order valence-corrected chi connectivity index (χ4v) is 4.82. The van der Waals surface area contributed by atoms with Crippen LogP contribution in [0.3, 0.4) is 0 Å². The number of benzene rings is 1. The van der Waals surface area contributed by atoms with Crippen LogP contribution in [-0.4, -0.2) is 60.8 Å². The summed E-state index contributed by atoms with van der Waals surface area (Å²) in [4.78, 5) is 19.5. The number of aromatic nitrogens is 2. The standard InChI is InChI=1S/C23H32N4O4/c1-29-19-9-8-16(14-20(19)30-2)23-25-22(31-26-23)11-10-21(28)24-15-17-6-5-13-27-12-4-3-7-18(17)27/h8-9,14,17-18H,3-7,10-13,15H2,1-2H3,(H,24,28)/t17-,18-/m1/s1. The minimum absolute atomic E-state index is 0.0406. The molecule has 4 rings (SSSR count). The zero-order valence-corrected chi connectivity index (χ0v) is 18.4. The molecule has 1 aromatic carbocycles. The molecule has 1 aromatic heterocycles. The first-order chi connectivity index (χ1) is 15.2. The number of ether oxygens (including phenoxy) is 2. The molecule has 8 nitrogen and oxygen atoms in total. The molecule has 0 unspecified atom stereocenters. The second-order valence-corrected chi connectivity index (χ2v) is 8.39. The van der Waals surface area contributed by atoms with E-state index in [2.05, 4.69) is 20.4 Å². The summed E-state index contributed by atoms with van der Waals surface area (Å²) in [6.07, 6.45) is 7.09. The topological polar surface area (TPSA) is 89.7 Å². The van der Waals surface area contributed by atoms with Crippen LogP contribution in [0.4, 0.5) is 0 Å². The average Bonchev–Trinajstić information content (AvgIpc) is 3.30. The highest BCUT2D eigenvalue weighted by Gasteiger charge is 2.32. The summed E-state index contributed by atoms with van der Waals surface area (Å²) >= 11 is 0. The van der Waals surface area contributed by atoms with Crippen LogP contribution in [0.15, 0.2) is 22.7 Å². The smallest absolute Gasteiger partial charge is 0.227 e. The average molecular weight is 429 g/mol. The molecule has 1 amide bonds. The number of hydrogen-bond donors (Lipinski definition) is 1. The summed E-state index contributed by atoms with van der Waals surface area (Å²) in [5.74, 6) is 2.77. The van der Waals surface area contributed by atoms with Gasteiger partial charge in [-0.1, -0.05) is 11.6 Å². The van der Waals surface area contributed by atoms with Gasteiger partial charge in [-0.2, -0.15) is 4.98 Å². The van der Waals surface area contributed by atoms with Gasteiger partial charge in [0, 0.05) is 31.0 Å². The molecule has 8 heteroatoms. The SMILES string of the molecule is COc1ccc(-c2noc(CCC(=O)NC[C@H]3CCCN4CCCC[C@H]34)n2)cc1OC. The van der Waals surface area contributed by atoms with Crippen molar-refractivity contribution in [1.29, 1.82) is 0 Å². The van der Waals surface area contributed by atoms with E-state index in [9.17, 15) is 4.79 Å². The second-order valence-electron chi connectivity index (χ2n) is 8.39. The predicted octanol–water partition coefficient (Wildman–Crippen LogP) is 3.07. The van der Waals surface area contributed by atoms with Crippen LogP contribution in [0.5, 0.6) is 11.5 Å². The van der Waals surface area contributed by atoms with Gasteiger partial charge in [0.05, 0.1) is 14.2 Å². The summed E-state index contributed by atoms with van der Waals surface area (Å²) in [5, 5.41) is 7.18. The quantitative estimate of drug-likeness (QED) is 0.691. The number of nitrogens with one attached hydrogen (secondary N) is 1. The van der Waals surface area contributed by atoms with Gasteiger partial charge in [0.25, 0.3) is 0 Å². The highest BCUT2D eigenvalue weighted by atomic mass is 16.5. The van der Waals surface area contributed by atoms with Gasteiger partial charge in [0.2, 0.25) is 17.6 Å². The lowest BCUT2D eigenvalue weighted by Crippen LogP contribution is -2.51. The van der Waals surface area contributed by atoms with Gasteiger partial charge >= 0.3 is 0 Å². The molecule has 168 valence electrons. The fraction of sp³-hybridized carbons (Fsp3) is 0.609. The minimum Gasteiger partial charge on any atom is -0.493 e. The van der Waals surface area contributed by atoms with Crippen LogP contribution in [0.25, 0.3) is 11.4 Å². The number of methoxy groups -OCH3 is 2. The summed E-state index contributed by atoms with van der Waals surface area (Å²) in [6.45, 7) is 3.20. The molecular weight excluding hydrogens is 396 g/mol. The van der Waals surface area contributed by atoms with Crippen LogP contribution in [0, 0.1) is 5.92 Å². The number of nitrogens with zero attached hydrogens (tertiary/aromatic N) is 3. The Bertz CT molecular complexity index is 882. The Labute approximate surface area is 183 Å². The number of carbonyl (C=O) groups excluding carboxylic acids is 1. The van der Waals surface area contributed by atoms with Crippen molar-refractivity contribution >= 4 is 5.91 Å². The molecule has 2 aliphatic heterocycles. The van der Waals surface area contributed by atoms with Crippen molar-refractivity contribution in [3.63, 3.8) is 0 Å². The molecule has 0 saturated carbocycles. The van der Waals surface area contributed by atoms with Crippen LogP contribution in [0.2, 0.25) is 0 Å². The van der Waals surface area contributed by atoms with Crippen molar-refractivity contribution in [1.82, 2.24) is 20.4 Å². The molecule has 3 heterocycles. The Morgan fingerprint density at radius 3 is 2.84 bits per heavy atom. The molecule has 2 atom stereocenters. The van der Waals surface area contributed by atoms with E-state index in [1.54, 1.807) is 26.4 Å². The molecule has 0 radical (unpaired) electrons. The van der Waals surface area contributed by atoms with Crippen molar-refractivity contribution in [3.05, 3.63) is 24.1 Å². The van der Waals surface area contributed by atoms with Crippen LogP contribution in [0.1, 0.15) is 44.4 Å². The van der Waals surface area contributed by atoms with E-state index in [1.165, 1.54) is 45.2 Å². The fourth-order valence-electron chi connectivity index (χ4n) is 4.82. The third-order valence-electron chi connectivity index (χ3n) is 6.47. The molecule has 2 aliphatic rings. The lowest BCUT2D eigenvalue weighted by Gasteiger charge is -2.44. The highest BCUT2D eigenvalue weighted by molar-refractivity contribution is 5.76. The molecule has 2 saturated heterocycles. The maximum absolute atomic E-state index is 12.4. The normalized spacial score (nSPS) is 21.4. The van der Waals surface area contributed by atoms with Gasteiger partial charge in [0.1, 0.15) is 0 Å². The summed E-state index contributed by atoms with van der Waals surface area (Å²) in [5.41, 5.74) is 0.770. The van der Waals surface area contributed by atoms with E-state index < -0.39 is 0 Å². The van der Waals surface area contributed by atoms with Crippen LogP contribution < -0.4 is 14.8 Å². The molecule has 1 N–H and O–H groups in total. The van der Waals surface area contributed by atoms with Gasteiger partial charge in [-0.15, -0.1) is 0 Å². The molecular formula is C23H32N4O4. The van der Waals surface area contributed by atoms with Gasteiger partial charge in [-0.3, -0.25) is 4.79 Å². The predicted molar refractivity (Wildman–Crippen MR) is 116 cm³/mol. The zero-order chi connectivity index (χ0) is 21.6. The van der Waals surface area contributed by atoms with Gasteiger partial charge in [0.15, 0.2) is 11.5 Å². The first-order valence-electron chi connectivity index (χ1n) is 11.2. The Kier molecular flexibility index (Phi) is 7.06. The molecule has 2 aromatic rings. The third-order valence-corrected chi connectivity index (χ3v) is 6.47. The van der Waals surface area contributed by atoms with Gasteiger partial charge in [-0.25, -0.2) is 0 Å². The van der Waals surface area contributed by atoms with E-state index in [0.29, 0.717) is 48.0 Å². The maximum atomic E-state index is 12.4. The first kappa shape index (κ1) is 21.6. The van der Waals surface area contributed by atoms with E-state index in [4.69, 9.17) is 14.0 Å². The highest BCUT2D eigenvalue weighted by Crippen LogP contribution is 2.32. The van der Waals surface area contributed by atoms with Crippen LogP contribution >= 0.6 is 0 Å². The number of rotatable bonds is 8. The summed E-state index contributed by atoms with van der Waals surface area (Å²) in [7, 11) is 3.18. The lowest BCUT2D eigenvalue weighted by molar-refractivity contribution is -0.121.